The first-order valence-corrected chi connectivity index (χ1v) is 43.6. The minimum absolute atomic E-state index is 0.0878. The molecule has 7 heteroatoms. The molecule has 0 aliphatic heterocycles. The van der Waals surface area contributed by atoms with Gasteiger partial charge in [0.2, 0.25) is 0 Å². The van der Waals surface area contributed by atoms with Crippen LogP contribution in [0.4, 0.5) is 0 Å². The van der Waals surface area contributed by atoms with Crippen molar-refractivity contribution in [3.8, 4) is 33.4 Å². The molecule has 0 amide bonds. The van der Waals surface area contributed by atoms with E-state index in [0.717, 1.165) is 44.9 Å². The molecule has 7 nitrogen and oxygen atoms in total. The molecule has 0 heterocycles. The molecular weight excluding hydrogens is 1420 g/mol. The van der Waals surface area contributed by atoms with Gasteiger partial charge in [0.1, 0.15) is 18.3 Å². The Kier molecular flexibility index (Phi) is 29.2. The second-order valence-corrected chi connectivity index (χ2v) is 33.8. The molecule has 9 atom stereocenters. The van der Waals surface area contributed by atoms with Crippen LogP contribution in [0, 0.1) is 11.8 Å². The molecule has 0 saturated carbocycles. The zero-order chi connectivity index (χ0) is 81.5. The second kappa shape index (κ2) is 39.9. The van der Waals surface area contributed by atoms with Crippen molar-refractivity contribution in [3.63, 3.8) is 0 Å². The lowest BCUT2D eigenvalue weighted by Crippen LogP contribution is -2.18. The molecule has 7 aliphatic carbocycles. The first-order chi connectivity index (χ1) is 56.3. The average molecular weight is 1550 g/mol. The van der Waals surface area contributed by atoms with Crippen molar-refractivity contribution in [2.75, 3.05) is 0 Å². The summed E-state index contributed by atoms with van der Waals surface area (Å²) in [5, 5.41) is 5.51. The average Bonchev–Trinajstić information content (AvgIpc) is 1.63. The van der Waals surface area contributed by atoms with Gasteiger partial charge in [0.25, 0.3) is 0 Å². The van der Waals surface area contributed by atoms with Crippen LogP contribution in [0.25, 0.3) is 54.9 Å². The Balaban J connectivity index is 0.000000118. The summed E-state index contributed by atoms with van der Waals surface area (Å²) >= 11 is 0. The van der Waals surface area contributed by atoms with Crippen molar-refractivity contribution in [1.82, 2.24) is 0 Å². The monoisotopic (exact) mass is 1550 g/mol. The molecule has 604 valence electrons. The van der Waals surface area contributed by atoms with Crippen LogP contribution in [0.2, 0.25) is 0 Å². The van der Waals surface area contributed by atoms with Crippen molar-refractivity contribution < 1.29 is 33.2 Å². The van der Waals surface area contributed by atoms with Gasteiger partial charge in [-0.1, -0.05) is 315 Å². The fraction of sp³-hybridized carbons (Fsp3) is 0.376. The standard InChI is InChI=1S/C18H20O.C17H18O.C16H16O.C16H18O.C15H16O.C14H20O.C13H18O/c1-12(2)13(3)19-18-16-10-6-4-8-14(16)15-9-5-7-11-17(15)18;1-3-12(2)18-17-15-10-6-4-8-13(15)14-9-5-7-11-16(14)17;1-11(2)17-16-14-9-5-3-7-12(14)13-8-4-6-10-15(13)16;1-3-11(2)17-15-10-13-8-4-6-12-7-5-9-14(15)16(12)13;1-10(2)16-14-9-12-7-3-5-11-6-4-8-13(14)15(11)12;1-10(2)11(3)15-14-9-8-12-6-4-5-7-13(12)14;1-3-10(2)14-13-9-8-11-6-4-5-7-12(11)13/h4-13,18H,1-3H3;4-12,17H,3H2,1-2H3;3-11,16H,1-2H3;4-9,11,15H,3,10H2,1-2H3;3-8,10,14H,9H2,1-2H3;4-7,10-11,14H,8-9H2,1-3H3;4-7,10,13H,3,8-9H2,1-2H3. The number of ether oxygens (including phenoxy) is 7. The highest BCUT2D eigenvalue weighted by atomic mass is 16.5. The maximum Gasteiger partial charge on any atom is 0.109 e. The Morgan fingerprint density at radius 2 is 0.509 bits per heavy atom. The van der Waals surface area contributed by atoms with Crippen LogP contribution in [0.15, 0.2) is 267 Å². The maximum absolute atomic E-state index is 6.33. The van der Waals surface area contributed by atoms with Gasteiger partial charge >= 0.3 is 0 Å². The second-order valence-electron chi connectivity index (χ2n) is 33.8. The molecule has 19 rings (SSSR count). The molecule has 0 spiro atoms. The SMILES string of the molecule is CC(C)C(C)OC1CCc2ccccc21.CC(C)C(C)OC1c2ccccc2-c2ccccc21.CC(C)OC1Cc2cccc3cccc1c23.CC(C)OC1c2ccccc2-c2ccccc21.CCC(C)OC1CCc2ccccc21.CCC(C)OC1Cc2cccc3cccc1c23.CCC(C)OC1c2ccccc2-c2ccccc21. The van der Waals surface area contributed by atoms with Crippen LogP contribution in [-0.2, 0) is 58.8 Å². The normalized spacial score (nSPS) is 17.8. The smallest absolute Gasteiger partial charge is 0.109 e. The lowest BCUT2D eigenvalue weighted by molar-refractivity contribution is -0.0255. The molecule has 12 aromatic carbocycles. The summed E-state index contributed by atoms with van der Waals surface area (Å²) in [6.07, 6.45) is 13.5. The van der Waals surface area contributed by atoms with Gasteiger partial charge in [0, 0.05) is 12.8 Å². The molecule has 0 saturated heterocycles. The summed E-state index contributed by atoms with van der Waals surface area (Å²) in [5.74, 6) is 1.12. The van der Waals surface area contributed by atoms with E-state index in [1.165, 1.54) is 146 Å². The summed E-state index contributed by atoms with van der Waals surface area (Å²) in [4.78, 5) is 0. The quantitative estimate of drug-likeness (QED) is 0.0799. The molecule has 9 unspecified atom stereocenters. The van der Waals surface area contributed by atoms with Crippen LogP contribution in [0.1, 0.15) is 263 Å². The summed E-state index contributed by atoms with van der Waals surface area (Å²) < 4.78 is 42.8. The van der Waals surface area contributed by atoms with Gasteiger partial charge in [0.05, 0.1) is 67.1 Å². The van der Waals surface area contributed by atoms with E-state index >= 15 is 0 Å². The van der Waals surface area contributed by atoms with Crippen molar-refractivity contribution >= 4 is 21.5 Å². The molecule has 0 bridgehead atoms. The predicted molar refractivity (Wildman–Crippen MR) is 483 cm³/mol. The van der Waals surface area contributed by atoms with E-state index in [0.29, 0.717) is 42.4 Å². The Labute approximate surface area is 694 Å². The zero-order valence-electron chi connectivity index (χ0n) is 71.9. The van der Waals surface area contributed by atoms with E-state index in [9.17, 15) is 0 Å². The fourth-order valence-electron chi connectivity index (χ4n) is 17.2. The Hall–Kier alpha value is -9.12. The van der Waals surface area contributed by atoms with Crippen molar-refractivity contribution in [3.05, 3.63) is 345 Å². The summed E-state index contributed by atoms with van der Waals surface area (Å²) in [7, 11) is 0. The number of hydrogen-bond acceptors (Lipinski definition) is 7. The largest absolute Gasteiger partial charge is 0.371 e. The van der Waals surface area contributed by atoms with E-state index in [-0.39, 0.29) is 54.9 Å². The number of hydrogen-bond donors (Lipinski definition) is 0. The van der Waals surface area contributed by atoms with Gasteiger partial charge in [-0.25, -0.2) is 0 Å². The van der Waals surface area contributed by atoms with Crippen LogP contribution >= 0.6 is 0 Å². The van der Waals surface area contributed by atoms with Gasteiger partial charge in [-0.05, 0) is 252 Å². The Bertz CT molecular complexity index is 5040. The highest BCUT2D eigenvalue weighted by Gasteiger charge is 2.35. The third kappa shape index (κ3) is 19.8. The van der Waals surface area contributed by atoms with Crippen molar-refractivity contribution in [2.24, 2.45) is 11.8 Å². The molecule has 12 aromatic rings. The molecule has 116 heavy (non-hydrogen) atoms. The van der Waals surface area contributed by atoms with Crippen LogP contribution < -0.4 is 0 Å². The van der Waals surface area contributed by atoms with E-state index in [1.807, 2.05) is 0 Å². The third-order valence-corrected chi connectivity index (χ3v) is 24.4. The number of rotatable bonds is 19. The van der Waals surface area contributed by atoms with E-state index in [2.05, 4.69) is 378 Å². The fourth-order valence-corrected chi connectivity index (χ4v) is 17.2. The van der Waals surface area contributed by atoms with E-state index in [1.54, 1.807) is 0 Å². The summed E-state index contributed by atoms with van der Waals surface area (Å²) in [5.41, 5.74) is 27.1. The molecule has 0 N–H and O–H groups in total. The predicted octanol–water partition coefficient (Wildman–Crippen LogP) is 28.9. The minimum Gasteiger partial charge on any atom is -0.371 e. The lowest BCUT2D eigenvalue weighted by Gasteiger charge is -2.23. The van der Waals surface area contributed by atoms with Crippen molar-refractivity contribution in [1.29, 1.82) is 0 Å². The van der Waals surface area contributed by atoms with E-state index < -0.39 is 0 Å². The van der Waals surface area contributed by atoms with E-state index in [4.69, 9.17) is 33.2 Å². The van der Waals surface area contributed by atoms with Crippen LogP contribution in [0.5, 0.6) is 0 Å². The highest BCUT2D eigenvalue weighted by Crippen LogP contribution is 2.50. The van der Waals surface area contributed by atoms with Crippen LogP contribution in [-0.4, -0.2) is 42.7 Å². The molecular formula is C109H126O7. The maximum atomic E-state index is 6.33. The van der Waals surface area contributed by atoms with Gasteiger partial charge in [-0.3, -0.25) is 0 Å². The molecule has 7 aliphatic rings. The Morgan fingerprint density at radius 3 is 0.862 bits per heavy atom. The minimum atomic E-state index is 0.0878. The summed E-state index contributed by atoms with van der Waals surface area (Å²) in [6.45, 7) is 34.5. The van der Waals surface area contributed by atoms with Gasteiger partial charge in [-0.2, -0.15) is 0 Å². The topological polar surface area (TPSA) is 64.6 Å². The molecule has 0 radical (unpaired) electrons. The third-order valence-electron chi connectivity index (χ3n) is 24.4. The highest BCUT2D eigenvalue weighted by molar-refractivity contribution is 5.92. The lowest BCUT2D eigenvalue weighted by atomic mass is 10.1. The first kappa shape index (κ1) is 84.8. The molecule has 0 aromatic heterocycles. The summed E-state index contributed by atoms with van der Waals surface area (Å²) in [6, 6.07) is 94.8. The van der Waals surface area contributed by atoms with Gasteiger partial charge in [-0.15, -0.1) is 0 Å². The number of benzene rings is 12. The van der Waals surface area contributed by atoms with Crippen LogP contribution in [0.3, 0.4) is 0 Å². The Morgan fingerprint density at radius 1 is 0.241 bits per heavy atom. The van der Waals surface area contributed by atoms with Gasteiger partial charge < -0.3 is 33.2 Å². The first-order valence-electron chi connectivity index (χ1n) is 43.6. The zero-order valence-corrected chi connectivity index (χ0v) is 71.9. The number of aryl methyl sites for hydroxylation is 2. The number of fused-ring (bicyclic) bond motifs is 11. The molecule has 0 fully saturated rings. The van der Waals surface area contributed by atoms with Crippen molar-refractivity contribution in [2.45, 2.75) is 254 Å². The van der Waals surface area contributed by atoms with Gasteiger partial charge in [0.15, 0.2) is 0 Å².